The summed E-state index contributed by atoms with van der Waals surface area (Å²) in [6, 6.07) is 74.1. The molecule has 0 radical (unpaired) electrons. The SMILES string of the molecule is FC(F)(F)c1cc(-c2ccc(-c3nc(-c4ccccc4)nc(-c4ccccc4)n3)cc2-n2c3cc(-c4nc(-c5ccccc5)nc(-c5ccccc5)n4)ccc3c3ccc(-c4nc(-c5ccccc5)nc(-c5ccccc5)n4)cc32)cc(C(F)(F)F)c1. The minimum atomic E-state index is -5.16. The van der Waals surface area contributed by atoms with Crippen molar-refractivity contribution in [3.05, 3.63) is 266 Å². The largest absolute Gasteiger partial charge is 0.416 e. The topological polar surface area (TPSA) is 121 Å². The summed E-state index contributed by atoms with van der Waals surface area (Å²) in [6.45, 7) is 0. The van der Waals surface area contributed by atoms with E-state index in [9.17, 15) is 0 Å². The molecule has 0 saturated carbocycles. The normalized spacial score (nSPS) is 11.8. The fourth-order valence-electron chi connectivity index (χ4n) is 10.6. The van der Waals surface area contributed by atoms with Crippen LogP contribution in [0.4, 0.5) is 26.3 Å². The third-order valence-corrected chi connectivity index (χ3v) is 14.8. The van der Waals surface area contributed by atoms with E-state index in [2.05, 4.69) is 0 Å². The van der Waals surface area contributed by atoms with E-state index in [-0.39, 0.29) is 28.7 Å². The molecular weight excluding hydrogens is 1110 g/mol. The molecule has 4 heterocycles. The minimum Gasteiger partial charge on any atom is -0.309 e. The van der Waals surface area contributed by atoms with Crippen molar-refractivity contribution < 1.29 is 26.3 Å². The zero-order valence-electron chi connectivity index (χ0n) is 45.5. The number of hydrogen-bond acceptors (Lipinski definition) is 9. The van der Waals surface area contributed by atoms with Gasteiger partial charge in [-0.15, -0.1) is 0 Å². The Kier molecular flexibility index (Phi) is 13.5. The Balaban J connectivity index is 1.09. The standard InChI is InChI=1S/C71H42F6N10/c72-70(73,74)53-37-52(38-54(42-53)71(75,76)77)55-34-31-49(67-81-61(43-19-7-1-8-20-43)78-62(82-67)44-21-9-2-10-22-44)39-58(55)87-59-40-50(68-83-63(45-23-11-3-12-24-45)79-64(84-68)46-25-13-4-14-26-46)32-35-56(59)57-36-33-51(41-60(57)87)69-85-65(47-27-15-5-16-28-47)80-66(86-69)48-29-17-6-18-30-48/h1-42H. The van der Waals surface area contributed by atoms with Gasteiger partial charge in [0, 0.05) is 66.4 Å². The molecule has 0 amide bonds. The summed E-state index contributed by atoms with van der Waals surface area (Å²) in [5.74, 6) is 3.01. The predicted octanol–water partition coefficient (Wildman–Crippen LogP) is 18.0. The molecule has 87 heavy (non-hydrogen) atoms. The molecule has 0 fully saturated rings. The van der Waals surface area contributed by atoms with Crippen LogP contribution in [0.1, 0.15) is 11.1 Å². The van der Waals surface area contributed by atoms with Crippen molar-refractivity contribution in [3.63, 3.8) is 0 Å². The minimum absolute atomic E-state index is 0.0151. The van der Waals surface area contributed by atoms with Crippen LogP contribution in [0.5, 0.6) is 0 Å². The first-order chi connectivity index (χ1) is 42.3. The lowest BCUT2D eigenvalue weighted by Crippen LogP contribution is -2.11. The summed E-state index contributed by atoms with van der Waals surface area (Å²) < 4.78 is 91.9. The van der Waals surface area contributed by atoms with Crippen LogP contribution in [-0.2, 0) is 12.4 Å². The van der Waals surface area contributed by atoms with E-state index in [1.54, 1.807) is 12.1 Å². The molecule has 0 aliphatic carbocycles. The van der Waals surface area contributed by atoms with Crippen molar-refractivity contribution in [3.8, 4) is 119 Å². The van der Waals surface area contributed by atoms with Gasteiger partial charge in [-0.2, -0.15) is 26.3 Å². The van der Waals surface area contributed by atoms with Gasteiger partial charge in [0.25, 0.3) is 0 Å². The molecule has 14 rings (SSSR count). The smallest absolute Gasteiger partial charge is 0.309 e. The van der Waals surface area contributed by atoms with Crippen LogP contribution in [0.3, 0.4) is 0 Å². The number of alkyl halides is 6. The second kappa shape index (κ2) is 22.0. The molecule has 10 aromatic carbocycles. The summed E-state index contributed by atoms with van der Waals surface area (Å²) in [5, 5.41) is 1.33. The maximum absolute atomic E-state index is 15.0. The Labute approximate surface area is 493 Å². The number of rotatable bonds is 11. The van der Waals surface area contributed by atoms with Crippen molar-refractivity contribution in [1.82, 2.24) is 49.4 Å². The number of fused-ring (bicyclic) bond motifs is 3. The quantitative estimate of drug-likeness (QED) is 0.117. The number of benzene rings is 10. The molecule has 16 heteroatoms. The lowest BCUT2D eigenvalue weighted by Gasteiger charge is -2.19. The Bertz CT molecular complexity index is 4490. The number of halogens is 6. The monoisotopic (exact) mass is 1150 g/mol. The Morgan fingerprint density at radius 1 is 0.230 bits per heavy atom. The first-order valence-corrected chi connectivity index (χ1v) is 27.5. The van der Waals surface area contributed by atoms with Gasteiger partial charge in [0.1, 0.15) is 0 Å². The van der Waals surface area contributed by atoms with Crippen molar-refractivity contribution in [2.45, 2.75) is 12.4 Å². The number of aromatic nitrogens is 10. The van der Waals surface area contributed by atoms with E-state index < -0.39 is 23.5 Å². The first kappa shape index (κ1) is 53.6. The van der Waals surface area contributed by atoms with Gasteiger partial charge in [-0.3, -0.25) is 0 Å². The molecule has 0 aliphatic heterocycles. The summed E-state index contributed by atoms with van der Waals surface area (Å²) in [5.41, 5.74) is 3.53. The average molecular weight is 1150 g/mol. The van der Waals surface area contributed by atoms with E-state index >= 15 is 26.3 Å². The fraction of sp³-hybridized carbons (Fsp3) is 0.0282. The van der Waals surface area contributed by atoms with Gasteiger partial charge >= 0.3 is 12.4 Å². The van der Waals surface area contributed by atoms with Crippen LogP contribution in [-0.4, -0.2) is 49.4 Å². The summed E-state index contributed by atoms with van der Waals surface area (Å²) >= 11 is 0. The first-order valence-electron chi connectivity index (χ1n) is 27.5. The maximum atomic E-state index is 15.0. The predicted molar refractivity (Wildman–Crippen MR) is 325 cm³/mol. The lowest BCUT2D eigenvalue weighted by molar-refractivity contribution is -0.143. The average Bonchev–Trinajstić information content (AvgIpc) is 1.88. The van der Waals surface area contributed by atoms with Crippen molar-refractivity contribution in [1.29, 1.82) is 0 Å². The fourth-order valence-corrected chi connectivity index (χ4v) is 10.6. The van der Waals surface area contributed by atoms with E-state index in [1.165, 1.54) is 6.07 Å². The van der Waals surface area contributed by atoms with Crippen LogP contribution in [0.15, 0.2) is 255 Å². The second-order valence-corrected chi connectivity index (χ2v) is 20.4. The lowest BCUT2D eigenvalue weighted by atomic mass is 9.96. The highest BCUT2D eigenvalue weighted by atomic mass is 19.4. The Morgan fingerprint density at radius 2 is 0.483 bits per heavy atom. The van der Waals surface area contributed by atoms with Gasteiger partial charge in [0.05, 0.1) is 27.8 Å². The highest BCUT2D eigenvalue weighted by Gasteiger charge is 2.37. The summed E-state index contributed by atoms with van der Waals surface area (Å²) in [7, 11) is 0. The van der Waals surface area contributed by atoms with E-state index in [0.717, 1.165) is 34.4 Å². The molecule has 0 atom stereocenters. The Hall–Kier alpha value is -11.4. The van der Waals surface area contributed by atoms with E-state index in [1.807, 2.05) is 223 Å². The second-order valence-electron chi connectivity index (χ2n) is 20.4. The Morgan fingerprint density at radius 3 is 0.759 bits per heavy atom. The van der Waals surface area contributed by atoms with Crippen molar-refractivity contribution in [2.24, 2.45) is 0 Å². The van der Waals surface area contributed by atoms with Crippen molar-refractivity contribution >= 4 is 21.8 Å². The van der Waals surface area contributed by atoms with Crippen LogP contribution in [0.2, 0.25) is 0 Å². The maximum Gasteiger partial charge on any atom is 0.416 e. The molecule has 0 saturated heterocycles. The van der Waals surface area contributed by atoms with Crippen LogP contribution in [0.25, 0.3) is 141 Å². The van der Waals surface area contributed by atoms with Crippen LogP contribution < -0.4 is 0 Å². The highest BCUT2D eigenvalue weighted by Crippen LogP contribution is 2.44. The van der Waals surface area contributed by atoms with E-state index in [4.69, 9.17) is 44.9 Å². The molecular formula is C71H42F6N10. The van der Waals surface area contributed by atoms with Gasteiger partial charge in [-0.05, 0) is 42.0 Å². The molecule has 4 aromatic heterocycles. The molecule has 0 unspecified atom stereocenters. The zero-order valence-corrected chi connectivity index (χ0v) is 45.5. The third-order valence-electron chi connectivity index (χ3n) is 14.8. The number of hydrogen-bond donors (Lipinski definition) is 0. The summed E-state index contributed by atoms with van der Waals surface area (Å²) in [6.07, 6.45) is -10.3. The third kappa shape index (κ3) is 10.7. The van der Waals surface area contributed by atoms with Crippen LogP contribution >= 0.6 is 0 Å². The number of nitrogens with zero attached hydrogens (tertiary/aromatic N) is 10. The van der Waals surface area contributed by atoms with Gasteiger partial charge in [-0.25, -0.2) is 44.9 Å². The molecule has 418 valence electrons. The molecule has 0 N–H and O–H groups in total. The van der Waals surface area contributed by atoms with Crippen LogP contribution in [0, 0.1) is 0 Å². The van der Waals surface area contributed by atoms with Gasteiger partial charge in [0.15, 0.2) is 52.4 Å². The molecule has 0 bridgehead atoms. The van der Waals surface area contributed by atoms with Gasteiger partial charge in [-0.1, -0.05) is 218 Å². The van der Waals surface area contributed by atoms with Gasteiger partial charge in [0.2, 0.25) is 0 Å². The summed E-state index contributed by atoms with van der Waals surface area (Å²) in [4.78, 5) is 44.9. The van der Waals surface area contributed by atoms with E-state index in [0.29, 0.717) is 96.2 Å². The van der Waals surface area contributed by atoms with Gasteiger partial charge < -0.3 is 4.57 Å². The molecule has 0 spiro atoms. The zero-order chi connectivity index (χ0) is 59.2. The highest BCUT2D eigenvalue weighted by molar-refractivity contribution is 6.11. The molecule has 14 aromatic rings. The molecule has 10 nitrogen and oxygen atoms in total. The molecule has 0 aliphatic rings. The van der Waals surface area contributed by atoms with Crippen molar-refractivity contribution in [2.75, 3.05) is 0 Å².